The maximum absolute atomic E-state index is 13.0. The molecule has 2 bridgehead atoms. The van der Waals surface area contributed by atoms with Gasteiger partial charge in [0.1, 0.15) is 0 Å². The third-order valence-electron chi connectivity index (χ3n) is 5.25. The summed E-state index contributed by atoms with van der Waals surface area (Å²) in [6, 6.07) is 3.51. The lowest BCUT2D eigenvalue weighted by atomic mass is 9.94. The molecule has 27 heavy (non-hydrogen) atoms. The number of rotatable bonds is 3. The van der Waals surface area contributed by atoms with Crippen molar-refractivity contribution in [3.8, 4) is 0 Å². The van der Waals surface area contributed by atoms with Gasteiger partial charge >= 0.3 is 0 Å². The van der Waals surface area contributed by atoms with Crippen molar-refractivity contribution in [2.75, 3.05) is 25.9 Å². The summed E-state index contributed by atoms with van der Waals surface area (Å²) in [7, 11) is 0. The number of hydrogen-bond donors (Lipinski definition) is 0. The van der Waals surface area contributed by atoms with Crippen LogP contribution >= 0.6 is 11.8 Å². The van der Waals surface area contributed by atoms with Crippen LogP contribution in [0.4, 0.5) is 0 Å². The molecule has 0 aromatic carbocycles. The summed E-state index contributed by atoms with van der Waals surface area (Å²) >= 11 is 1.45. The van der Waals surface area contributed by atoms with Crippen LogP contribution in [0.25, 0.3) is 0 Å². The molecule has 3 fully saturated rings. The zero-order chi connectivity index (χ0) is 18.8. The fourth-order valence-electron chi connectivity index (χ4n) is 3.87. The molecule has 5 rings (SSSR count). The van der Waals surface area contributed by atoms with Gasteiger partial charge in [0.15, 0.2) is 5.16 Å². The second kappa shape index (κ2) is 7.64. The summed E-state index contributed by atoms with van der Waals surface area (Å²) < 4.78 is 0. The minimum atomic E-state index is -0.0458. The van der Waals surface area contributed by atoms with Gasteiger partial charge in [-0.2, -0.15) is 0 Å². The number of carbonyl (C=O) groups excluding carboxylic acids is 2. The SMILES string of the molecule is CSc1ncc(C(=O)N2CC3CCC2CN(C(=O)c2ccncc2)C3)cn1. The highest BCUT2D eigenvalue weighted by Gasteiger charge is 2.39. The average Bonchev–Trinajstić information content (AvgIpc) is 3.05. The summed E-state index contributed by atoms with van der Waals surface area (Å²) in [4.78, 5) is 42.1. The van der Waals surface area contributed by atoms with Crippen molar-refractivity contribution in [2.45, 2.75) is 24.0 Å². The Labute approximate surface area is 162 Å². The first-order valence-corrected chi connectivity index (χ1v) is 10.2. The zero-order valence-corrected chi connectivity index (χ0v) is 15.9. The van der Waals surface area contributed by atoms with E-state index in [-0.39, 0.29) is 17.9 Å². The van der Waals surface area contributed by atoms with Crippen LogP contribution in [0.3, 0.4) is 0 Å². The monoisotopic (exact) mass is 383 g/mol. The normalized spacial score (nSPS) is 21.8. The van der Waals surface area contributed by atoms with Gasteiger partial charge in [0, 0.05) is 56.0 Å². The van der Waals surface area contributed by atoms with Gasteiger partial charge < -0.3 is 9.80 Å². The van der Waals surface area contributed by atoms with Crippen molar-refractivity contribution in [1.82, 2.24) is 24.8 Å². The van der Waals surface area contributed by atoms with Gasteiger partial charge in [-0.1, -0.05) is 11.8 Å². The van der Waals surface area contributed by atoms with Crippen LogP contribution in [0.1, 0.15) is 33.6 Å². The highest BCUT2D eigenvalue weighted by molar-refractivity contribution is 7.98. The molecule has 7 nitrogen and oxygen atoms in total. The number of piperidine rings is 1. The summed E-state index contributed by atoms with van der Waals surface area (Å²) in [5.41, 5.74) is 1.15. The smallest absolute Gasteiger partial charge is 0.257 e. The van der Waals surface area contributed by atoms with E-state index in [0.29, 0.717) is 41.8 Å². The molecule has 8 heteroatoms. The lowest BCUT2D eigenvalue weighted by molar-refractivity contribution is 0.0573. The van der Waals surface area contributed by atoms with Crippen LogP contribution in [0.15, 0.2) is 42.1 Å². The van der Waals surface area contributed by atoms with Crippen molar-refractivity contribution in [1.29, 1.82) is 0 Å². The first-order valence-electron chi connectivity index (χ1n) is 9.02. The first-order chi connectivity index (χ1) is 13.2. The highest BCUT2D eigenvalue weighted by Crippen LogP contribution is 2.30. The van der Waals surface area contributed by atoms with E-state index in [1.807, 2.05) is 16.1 Å². The molecule has 140 valence electrons. The largest absolute Gasteiger partial charge is 0.336 e. The molecule has 2 aromatic heterocycles. The maximum Gasteiger partial charge on any atom is 0.257 e. The molecule has 2 aromatic rings. The maximum atomic E-state index is 13.0. The van der Waals surface area contributed by atoms with Gasteiger partial charge in [0.2, 0.25) is 0 Å². The van der Waals surface area contributed by atoms with Gasteiger partial charge in [-0.25, -0.2) is 9.97 Å². The Bertz CT molecular complexity index is 830. The molecule has 2 atom stereocenters. The zero-order valence-electron chi connectivity index (χ0n) is 15.1. The third-order valence-corrected chi connectivity index (χ3v) is 5.82. The van der Waals surface area contributed by atoms with Gasteiger partial charge in [0.05, 0.1) is 5.56 Å². The van der Waals surface area contributed by atoms with Gasteiger partial charge in [-0.3, -0.25) is 14.6 Å². The van der Waals surface area contributed by atoms with E-state index in [1.165, 1.54) is 11.8 Å². The number of amides is 2. The fraction of sp³-hybridized carbons (Fsp3) is 0.421. The van der Waals surface area contributed by atoms with Gasteiger partial charge in [0.25, 0.3) is 11.8 Å². The lowest BCUT2D eigenvalue weighted by Gasteiger charge is -2.36. The van der Waals surface area contributed by atoms with Crippen molar-refractivity contribution in [2.24, 2.45) is 5.92 Å². The van der Waals surface area contributed by atoms with Crippen molar-refractivity contribution >= 4 is 23.6 Å². The summed E-state index contributed by atoms with van der Waals surface area (Å²) in [6.45, 7) is 1.92. The van der Waals surface area contributed by atoms with E-state index in [1.54, 1.807) is 36.9 Å². The van der Waals surface area contributed by atoms with E-state index in [2.05, 4.69) is 15.0 Å². The Morgan fingerprint density at radius 2 is 1.74 bits per heavy atom. The molecule has 0 aliphatic carbocycles. The van der Waals surface area contributed by atoms with E-state index >= 15 is 0 Å². The number of nitrogens with zero attached hydrogens (tertiary/aromatic N) is 5. The predicted octanol–water partition coefficient (Wildman–Crippen LogP) is 1.97. The number of carbonyl (C=O) groups is 2. The Morgan fingerprint density at radius 3 is 2.44 bits per heavy atom. The van der Waals surface area contributed by atoms with E-state index in [4.69, 9.17) is 0 Å². The Hall–Kier alpha value is -2.48. The topological polar surface area (TPSA) is 79.3 Å². The molecule has 3 aliphatic rings. The van der Waals surface area contributed by atoms with Crippen molar-refractivity contribution < 1.29 is 9.59 Å². The Kier molecular flexibility index (Phi) is 5.07. The predicted molar refractivity (Wildman–Crippen MR) is 102 cm³/mol. The van der Waals surface area contributed by atoms with Crippen LogP contribution in [-0.2, 0) is 0 Å². The average molecular weight is 383 g/mol. The fourth-order valence-corrected chi connectivity index (χ4v) is 4.19. The van der Waals surface area contributed by atoms with Crippen LogP contribution < -0.4 is 0 Å². The molecule has 0 radical (unpaired) electrons. The molecule has 2 amide bonds. The minimum absolute atomic E-state index is 0.0104. The quantitative estimate of drug-likeness (QED) is 0.596. The lowest BCUT2D eigenvalue weighted by Crippen LogP contribution is -2.47. The molecular weight excluding hydrogens is 362 g/mol. The van der Waals surface area contributed by atoms with Crippen LogP contribution in [0, 0.1) is 5.92 Å². The highest BCUT2D eigenvalue weighted by atomic mass is 32.2. The second-order valence-corrected chi connectivity index (χ2v) is 7.73. The summed E-state index contributed by atoms with van der Waals surface area (Å²) in [5.74, 6) is 0.261. The molecule has 3 saturated heterocycles. The Balaban J connectivity index is 1.52. The number of fused-ring (bicyclic) bond motifs is 4. The van der Waals surface area contributed by atoms with Crippen LogP contribution in [-0.4, -0.2) is 68.5 Å². The number of pyridine rings is 1. The molecule has 2 unspecified atom stereocenters. The van der Waals surface area contributed by atoms with E-state index in [9.17, 15) is 9.59 Å². The summed E-state index contributed by atoms with van der Waals surface area (Å²) in [5, 5.41) is 0.651. The Morgan fingerprint density at radius 1 is 1.00 bits per heavy atom. The molecule has 0 saturated carbocycles. The second-order valence-electron chi connectivity index (χ2n) is 6.96. The molecule has 0 spiro atoms. The number of hydrogen-bond acceptors (Lipinski definition) is 6. The number of thioether (sulfide) groups is 1. The van der Waals surface area contributed by atoms with Gasteiger partial charge in [-0.15, -0.1) is 0 Å². The third kappa shape index (κ3) is 3.66. The first kappa shape index (κ1) is 17.9. The molecule has 3 aliphatic heterocycles. The van der Waals surface area contributed by atoms with Crippen molar-refractivity contribution in [3.63, 3.8) is 0 Å². The van der Waals surface area contributed by atoms with Crippen molar-refractivity contribution in [3.05, 3.63) is 48.0 Å². The number of aromatic nitrogens is 3. The van der Waals surface area contributed by atoms with Gasteiger partial charge in [-0.05, 0) is 37.1 Å². The molecular formula is C19H21N5O2S. The van der Waals surface area contributed by atoms with Crippen LogP contribution in [0.5, 0.6) is 0 Å². The standard InChI is InChI=1S/C19H21N5O2S/c1-27-19-21-8-15(9-22-19)18(26)24-11-13-2-3-16(24)12-23(10-13)17(25)14-4-6-20-7-5-14/h4-9,13,16H,2-3,10-12H2,1H3. The van der Waals surface area contributed by atoms with Crippen LogP contribution in [0.2, 0.25) is 0 Å². The summed E-state index contributed by atoms with van der Waals surface area (Å²) in [6.07, 6.45) is 10.3. The van der Waals surface area contributed by atoms with E-state index in [0.717, 1.165) is 12.8 Å². The molecule has 5 heterocycles. The molecule has 0 N–H and O–H groups in total. The minimum Gasteiger partial charge on any atom is -0.336 e. The van der Waals surface area contributed by atoms with E-state index < -0.39 is 0 Å².